The Morgan fingerprint density at radius 2 is 1.54 bits per heavy atom. The second-order valence-electron chi connectivity index (χ2n) is 8.49. The molecule has 0 saturated carbocycles. The first kappa shape index (κ1) is 22.7. The molecule has 2 amide bonds. The van der Waals surface area contributed by atoms with E-state index in [9.17, 15) is 13.8 Å². The number of hydrogen-bond donors (Lipinski definition) is 1. The molecule has 0 aliphatic carbocycles. The fourth-order valence-corrected chi connectivity index (χ4v) is 5.46. The number of anilines is 1. The number of carbonyl (C=O) groups excluding carboxylic acids is 2. The van der Waals surface area contributed by atoms with E-state index in [-0.39, 0.29) is 11.8 Å². The predicted molar refractivity (Wildman–Crippen MR) is 137 cm³/mol. The summed E-state index contributed by atoms with van der Waals surface area (Å²) < 4.78 is 13.5. The standard InChI is InChI=1S/C29H24N2O3S/c1-20-11-13-21(14-12-20)18-30-28(32)23-15-16-27-25(17-23)31(19-22-7-3-2-4-8-22)29(33)24-9-5-6-10-26(24)35(27)34/h2-17H,18-19H2,1H3,(H,30,32). The van der Waals surface area contributed by atoms with Crippen molar-refractivity contribution < 1.29 is 13.8 Å². The number of benzene rings is 4. The quantitative estimate of drug-likeness (QED) is 0.424. The molecule has 0 aromatic heterocycles. The van der Waals surface area contributed by atoms with E-state index in [1.807, 2.05) is 61.5 Å². The Labute approximate surface area is 206 Å². The lowest BCUT2D eigenvalue weighted by atomic mass is 10.1. The predicted octanol–water partition coefficient (Wildman–Crippen LogP) is 5.25. The van der Waals surface area contributed by atoms with Gasteiger partial charge in [0.15, 0.2) is 0 Å². The molecule has 6 heteroatoms. The Hall–Kier alpha value is -4.03. The minimum Gasteiger partial charge on any atom is -0.348 e. The summed E-state index contributed by atoms with van der Waals surface area (Å²) in [5.41, 5.74) is 4.38. The maximum atomic E-state index is 13.7. The molecule has 5 rings (SSSR count). The van der Waals surface area contributed by atoms with E-state index in [0.717, 1.165) is 16.7 Å². The van der Waals surface area contributed by atoms with Gasteiger partial charge in [-0.25, -0.2) is 4.21 Å². The monoisotopic (exact) mass is 480 g/mol. The molecule has 1 aliphatic rings. The molecule has 35 heavy (non-hydrogen) atoms. The summed E-state index contributed by atoms with van der Waals surface area (Å²) in [4.78, 5) is 29.3. The van der Waals surface area contributed by atoms with Gasteiger partial charge in [0, 0.05) is 12.1 Å². The number of carbonyl (C=O) groups is 2. The van der Waals surface area contributed by atoms with Crippen LogP contribution < -0.4 is 10.2 Å². The maximum Gasteiger partial charge on any atom is 0.259 e. The smallest absolute Gasteiger partial charge is 0.259 e. The molecule has 174 valence electrons. The van der Waals surface area contributed by atoms with Gasteiger partial charge in [0.1, 0.15) is 0 Å². The highest BCUT2D eigenvalue weighted by Gasteiger charge is 2.31. The van der Waals surface area contributed by atoms with E-state index in [4.69, 9.17) is 0 Å². The minimum absolute atomic E-state index is 0.242. The molecule has 1 N–H and O–H groups in total. The molecule has 5 nitrogen and oxygen atoms in total. The SMILES string of the molecule is Cc1ccc(CNC(=O)c2ccc3c(c2)N(Cc2ccccc2)C(=O)c2ccccc2S3=O)cc1. The maximum absolute atomic E-state index is 13.7. The number of amides is 2. The van der Waals surface area contributed by atoms with Gasteiger partial charge in [-0.2, -0.15) is 0 Å². The van der Waals surface area contributed by atoms with Crippen molar-refractivity contribution in [3.63, 3.8) is 0 Å². The Bertz CT molecular complexity index is 1430. The molecule has 0 bridgehead atoms. The molecule has 0 spiro atoms. The fourth-order valence-electron chi connectivity index (χ4n) is 4.12. The number of nitrogens with zero attached hydrogens (tertiary/aromatic N) is 1. The van der Waals surface area contributed by atoms with E-state index in [0.29, 0.717) is 39.7 Å². The zero-order valence-corrected chi connectivity index (χ0v) is 20.0. The van der Waals surface area contributed by atoms with Crippen molar-refractivity contribution >= 4 is 28.3 Å². The minimum atomic E-state index is -1.56. The van der Waals surface area contributed by atoms with Gasteiger partial charge in [-0.05, 0) is 48.4 Å². The summed E-state index contributed by atoms with van der Waals surface area (Å²) in [7, 11) is -1.56. The van der Waals surface area contributed by atoms with Crippen LogP contribution in [0, 0.1) is 6.92 Å². The van der Waals surface area contributed by atoms with Crippen LogP contribution in [0.25, 0.3) is 0 Å². The zero-order chi connectivity index (χ0) is 24.4. The molecule has 1 unspecified atom stereocenters. The summed E-state index contributed by atoms with van der Waals surface area (Å²) in [6, 6.07) is 29.6. The van der Waals surface area contributed by atoms with Gasteiger partial charge in [0.2, 0.25) is 0 Å². The average molecular weight is 481 g/mol. The molecule has 4 aromatic carbocycles. The third-order valence-electron chi connectivity index (χ3n) is 6.03. The lowest BCUT2D eigenvalue weighted by Gasteiger charge is -2.23. The van der Waals surface area contributed by atoms with Crippen LogP contribution in [0.3, 0.4) is 0 Å². The summed E-state index contributed by atoms with van der Waals surface area (Å²) in [5.74, 6) is -0.498. The number of rotatable bonds is 5. The van der Waals surface area contributed by atoms with E-state index in [1.54, 1.807) is 47.4 Å². The third-order valence-corrected chi connectivity index (χ3v) is 7.53. The first-order chi connectivity index (χ1) is 17.0. The molecule has 0 radical (unpaired) electrons. The molecule has 1 heterocycles. The Morgan fingerprint density at radius 1 is 0.829 bits per heavy atom. The summed E-state index contributed by atoms with van der Waals surface area (Å²) in [6.07, 6.45) is 0. The van der Waals surface area contributed by atoms with Gasteiger partial charge in [0.25, 0.3) is 11.8 Å². The van der Waals surface area contributed by atoms with Gasteiger partial charge in [-0.3, -0.25) is 9.59 Å². The average Bonchev–Trinajstić information content (AvgIpc) is 2.98. The Balaban J connectivity index is 1.52. The first-order valence-corrected chi connectivity index (χ1v) is 12.5. The van der Waals surface area contributed by atoms with Gasteiger partial charge < -0.3 is 10.2 Å². The Kier molecular flexibility index (Phi) is 6.29. The first-order valence-electron chi connectivity index (χ1n) is 11.4. The topological polar surface area (TPSA) is 66.5 Å². The number of hydrogen-bond acceptors (Lipinski definition) is 3. The van der Waals surface area contributed by atoms with Crippen molar-refractivity contribution in [3.05, 3.63) is 125 Å². The van der Waals surface area contributed by atoms with Crippen molar-refractivity contribution in [2.45, 2.75) is 29.8 Å². The third kappa shape index (κ3) is 4.66. The van der Waals surface area contributed by atoms with Gasteiger partial charge >= 0.3 is 0 Å². The van der Waals surface area contributed by atoms with Gasteiger partial charge in [0.05, 0.1) is 38.4 Å². The fraction of sp³-hybridized carbons (Fsp3) is 0.103. The van der Waals surface area contributed by atoms with Crippen LogP contribution in [0.2, 0.25) is 0 Å². The molecule has 1 aliphatic heterocycles. The van der Waals surface area contributed by atoms with E-state index in [2.05, 4.69) is 5.32 Å². The van der Waals surface area contributed by atoms with Crippen molar-refractivity contribution in [1.82, 2.24) is 5.32 Å². The number of aryl methyl sites for hydroxylation is 1. The Morgan fingerprint density at radius 3 is 2.31 bits per heavy atom. The van der Waals surface area contributed by atoms with E-state index in [1.165, 1.54) is 0 Å². The van der Waals surface area contributed by atoms with Crippen LogP contribution in [-0.4, -0.2) is 16.0 Å². The zero-order valence-electron chi connectivity index (χ0n) is 19.2. The second kappa shape index (κ2) is 9.68. The van der Waals surface area contributed by atoms with Crippen LogP contribution in [-0.2, 0) is 23.9 Å². The van der Waals surface area contributed by atoms with E-state index >= 15 is 0 Å². The van der Waals surface area contributed by atoms with Crippen LogP contribution in [0.4, 0.5) is 5.69 Å². The highest BCUT2D eigenvalue weighted by Crippen LogP contribution is 2.36. The van der Waals surface area contributed by atoms with Crippen molar-refractivity contribution in [2.24, 2.45) is 0 Å². The number of nitrogens with one attached hydrogen (secondary N) is 1. The van der Waals surface area contributed by atoms with Crippen LogP contribution in [0.15, 0.2) is 107 Å². The molecule has 1 atom stereocenters. The van der Waals surface area contributed by atoms with E-state index < -0.39 is 10.8 Å². The van der Waals surface area contributed by atoms with Crippen LogP contribution >= 0.6 is 0 Å². The summed E-state index contributed by atoms with van der Waals surface area (Å²) in [5, 5.41) is 2.94. The molecule has 0 fully saturated rings. The highest BCUT2D eigenvalue weighted by molar-refractivity contribution is 7.85. The van der Waals surface area contributed by atoms with Gasteiger partial charge in [-0.15, -0.1) is 0 Å². The largest absolute Gasteiger partial charge is 0.348 e. The lowest BCUT2D eigenvalue weighted by Crippen LogP contribution is -2.31. The second-order valence-corrected chi connectivity index (χ2v) is 9.91. The molecule has 0 saturated heterocycles. The molecule has 4 aromatic rings. The summed E-state index contributed by atoms with van der Waals surface area (Å²) >= 11 is 0. The molecular formula is C29H24N2O3S. The van der Waals surface area contributed by atoms with Crippen molar-refractivity contribution in [1.29, 1.82) is 0 Å². The molecular weight excluding hydrogens is 456 g/mol. The van der Waals surface area contributed by atoms with Crippen molar-refractivity contribution in [2.75, 3.05) is 4.90 Å². The van der Waals surface area contributed by atoms with Crippen LogP contribution in [0.1, 0.15) is 37.4 Å². The number of fused-ring (bicyclic) bond motifs is 2. The van der Waals surface area contributed by atoms with Crippen molar-refractivity contribution in [3.8, 4) is 0 Å². The van der Waals surface area contributed by atoms with Crippen LogP contribution in [0.5, 0.6) is 0 Å². The normalized spacial score (nSPS) is 14.6. The highest BCUT2D eigenvalue weighted by atomic mass is 32.2. The van der Waals surface area contributed by atoms with Gasteiger partial charge in [-0.1, -0.05) is 72.3 Å². The lowest BCUT2D eigenvalue weighted by molar-refractivity contribution is 0.0947. The summed E-state index contributed by atoms with van der Waals surface area (Å²) in [6.45, 7) is 2.70.